The number of Topliss-reactive ketones (excluding diaryl/α,β-unsaturated/α-hetero) is 1. The maximum absolute atomic E-state index is 12.2. The van der Waals surface area contributed by atoms with Gasteiger partial charge in [-0.05, 0) is 55.0 Å². The van der Waals surface area contributed by atoms with Gasteiger partial charge in [0.25, 0.3) is 0 Å². The van der Waals surface area contributed by atoms with E-state index in [-0.39, 0.29) is 24.8 Å². The van der Waals surface area contributed by atoms with Gasteiger partial charge in [-0.25, -0.2) is 0 Å². The van der Waals surface area contributed by atoms with Crippen LogP contribution >= 0.6 is 7.60 Å². The van der Waals surface area contributed by atoms with Crippen molar-refractivity contribution in [3.05, 3.63) is 65.7 Å². The molecule has 5 nitrogen and oxygen atoms in total. The van der Waals surface area contributed by atoms with Crippen LogP contribution in [-0.4, -0.2) is 34.8 Å². The van der Waals surface area contributed by atoms with Crippen LogP contribution in [0.15, 0.2) is 54.6 Å². The summed E-state index contributed by atoms with van der Waals surface area (Å²) < 4.78 is 10.9. The van der Waals surface area contributed by atoms with E-state index in [1.54, 1.807) is 0 Å². The van der Waals surface area contributed by atoms with Gasteiger partial charge in [-0.2, -0.15) is 0 Å². The van der Waals surface area contributed by atoms with E-state index >= 15 is 0 Å². The molecule has 1 fully saturated rings. The molecule has 1 heterocycles. The van der Waals surface area contributed by atoms with Gasteiger partial charge in [0, 0.05) is 30.8 Å². The molecule has 0 bridgehead atoms. The van der Waals surface area contributed by atoms with Crippen LogP contribution in [0.4, 0.5) is 5.69 Å². The average Bonchev–Trinajstić information content (AvgIpc) is 2.68. The Morgan fingerprint density at radius 3 is 2.22 bits per heavy atom. The Kier molecular flexibility index (Phi) is 6.48. The van der Waals surface area contributed by atoms with Crippen molar-refractivity contribution in [1.82, 2.24) is 0 Å². The van der Waals surface area contributed by atoms with Crippen LogP contribution in [0.3, 0.4) is 0 Å². The minimum absolute atomic E-state index is 0.0715. The highest BCUT2D eigenvalue weighted by Crippen LogP contribution is 2.35. The fourth-order valence-electron chi connectivity index (χ4n) is 3.64. The molecule has 2 N–H and O–H groups in total. The highest BCUT2D eigenvalue weighted by molar-refractivity contribution is 7.51. The zero-order chi connectivity index (χ0) is 19.3. The molecule has 27 heavy (non-hydrogen) atoms. The number of piperidine rings is 1. The van der Waals surface area contributed by atoms with Gasteiger partial charge < -0.3 is 14.7 Å². The summed E-state index contributed by atoms with van der Waals surface area (Å²) in [5.74, 6) is 0.537. The first-order valence-electron chi connectivity index (χ1n) is 9.40. The number of hydrogen-bond acceptors (Lipinski definition) is 3. The topological polar surface area (TPSA) is 77.8 Å². The summed E-state index contributed by atoms with van der Waals surface area (Å²) >= 11 is 0. The lowest BCUT2D eigenvalue weighted by molar-refractivity contribution is 0.0982. The largest absolute Gasteiger partial charge is 0.371 e. The van der Waals surface area contributed by atoms with Crippen molar-refractivity contribution in [1.29, 1.82) is 0 Å². The van der Waals surface area contributed by atoms with Crippen molar-refractivity contribution >= 4 is 19.1 Å². The van der Waals surface area contributed by atoms with E-state index in [0.29, 0.717) is 11.5 Å². The summed E-state index contributed by atoms with van der Waals surface area (Å²) in [6, 6.07) is 18.2. The summed E-state index contributed by atoms with van der Waals surface area (Å²) in [4.78, 5) is 32.2. The second kappa shape index (κ2) is 8.83. The quantitative estimate of drug-likeness (QED) is 0.550. The molecular formula is C21H26NO4P. The molecule has 6 heteroatoms. The standard InChI is InChI=1S/C21H26NO4P/c23-21(7-4-16-27(24,25)26)19-8-10-20(11-9-19)22-14-12-18(13-15-22)17-5-2-1-3-6-17/h1-3,5-6,8-11,18H,4,7,12-16H2,(H2,24,25,26). The molecule has 2 aromatic rings. The maximum Gasteiger partial charge on any atom is 0.325 e. The van der Waals surface area contributed by atoms with Crippen LogP contribution in [0.5, 0.6) is 0 Å². The lowest BCUT2D eigenvalue weighted by Crippen LogP contribution is -2.32. The van der Waals surface area contributed by atoms with Crippen molar-refractivity contribution in [3.8, 4) is 0 Å². The smallest absolute Gasteiger partial charge is 0.325 e. The molecule has 0 atom stereocenters. The Hall–Kier alpha value is -1.94. The predicted octanol–water partition coefficient (Wildman–Crippen LogP) is 4.21. The summed E-state index contributed by atoms with van der Waals surface area (Å²) in [7, 11) is -4.03. The normalized spacial score (nSPS) is 15.7. The van der Waals surface area contributed by atoms with Gasteiger partial charge >= 0.3 is 7.60 Å². The fraction of sp³-hybridized carbons (Fsp3) is 0.381. The Labute approximate surface area is 160 Å². The minimum atomic E-state index is -4.03. The third kappa shape index (κ3) is 5.77. The number of nitrogens with zero attached hydrogens (tertiary/aromatic N) is 1. The van der Waals surface area contributed by atoms with Crippen LogP contribution in [0.25, 0.3) is 0 Å². The number of anilines is 1. The molecule has 0 radical (unpaired) electrons. The van der Waals surface area contributed by atoms with Gasteiger partial charge in [0.1, 0.15) is 0 Å². The van der Waals surface area contributed by atoms with Crippen LogP contribution in [0.2, 0.25) is 0 Å². The number of carbonyl (C=O) groups is 1. The molecule has 0 unspecified atom stereocenters. The molecule has 3 rings (SSSR count). The SMILES string of the molecule is O=C(CCCP(=O)(O)O)c1ccc(N2CCC(c3ccccc3)CC2)cc1. The Bertz CT molecular complexity index is 793. The summed E-state index contributed by atoms with van der Waals surface area (Å²) in [5.41, 5.74) is 3.13. The molecule has 0 amide bonds. The van der Waals surface area contributed by atoms with Gasteiger partial charge in [0.15, 0.2) is 5.78 Å². The maximum atomic E-state index is 12.2. The Balaban J connectivity index is 1.52. The van der Waals surface area contributed by atoms with Crippen LogP contribution in [0.1, 0.15) is 47.5 Å². The highest BCUT2D eigenvalue weighted by Gasteiger charge is 2.21. The summed E-state index contributed by atoms with van der Waals surface area (Å²) in [6.07, 6.45) is 2.36. The summed E-state index contributed by atoms with van der Waals surface area (Å²) in [6.45, 7) is 1.99. The van der Waals surface area contributed by atoms with E-state index in [1.165, 1.54) is 5.56 Å². The van der Waals surface area contributed by atoms with Gasteiger partial charge in [0.05, 0.1) is 6.16 Å². The van der Waals surface area contributed by atoms with E-state index in [4.69, 9.17) is 9.79 Å². The van der Waals surface area contributed by atoms with Gasteiger partial charge in [-0.1, -0.05) is 30.3 Å². The zero-order valence-corrected chi connectivity index (χ0v) is 16.2. The lowest BCUT2D eigenvalue weighted by atomic mass is 9.89. The number of ketones is 1. The third-order valence-electron chi connectivity index (χ3n) is 5.17. The minimum Gasteiger partial charge on any atom is -0.371 e. The number of benzene rings is 2. The number of hydrogen-bond donors (Lipinski definition) is 2. The van der Waals surface area contributed by atoms with Gasteiger partial charge in [-0.3, -0.25) is 9.36 Å². The molecule has 1 aliphatic rings. The van der Waals surface area contributed by atoms with Gasteiger partial charge in [0.2, 0.25) is 0 Å². The third-order valence-corrected chi connectivity index (χ3v) is 6.07. The van der Waals surface area contributed by atoms with E-state index in [0.717, 1.165) is 31.6 Å². The van der Waals surface area contributed by atoms with Gasteiger partial charge in [-0.15, -0.1) is 0 Å². The Morgan fingerprint density at radius 2 is 1.63 bits per heavy atom. The molecule has 0 aromatic heterocycles. The van der Waals surface area contributed by atoms with E-state index in [1.807, 2.05) is 30.3 Å². The molecule has 2 aromatic carbocycles. The molecule has 0 aliphatic carbocycles. The van der Waals surface area contributed by atoms with Crippen molar-refractivity contribution in [2.45, 2.75) is 31.6 Å². The van der Waals surface area contributed by atoms with Crippen LogP contribution in [-0.2, 0) is 4.57 Å². The Morgan fingerprint density at radius 1 is 1.00 bits per heavy atom. The predicted molar refractivity (Wildman–Crippen MR) is 108 cm³/mol. The van der Waals surface area contributed by atoms with Crippen LogP contribution in [0, 0.1) is 0 Å². The van der Waals surface area contributed by atoms with Crippen molar-refractivity contribution in [2.75, 3.05) is 24.2 Å². The molecule has 0 saturated carbocycles. The van der Waals surface area contributed by atoms with Crippen LogP contribution < -0.4 is 4.90 Å². The van der Waals surface area contributed by atoms with E-state index in [9.17, 15) is 9.36 Å². The molecular weight excluding hydrogens is 361 g/mol. The fourth-order valence-corrected chi connectivity index (χ4v) is 4.21. The first-order valence-corrected chi connectivity index (χ1v) is 11.2. The molecule has 1 aliphatic heterocycles. The van der Waals surface area contributed by atoms with E-state index < -0.39 is 7.60 Å². The van der Waals surface area contributed by atoms with E-state index in [2.05, 4.69) is 29.2 Å². The van der Waals surface area contributed by atoms with Crippen molar-refractivity contribution in [2.24, 2.45) is 0 Å². The zero-order valence-electron chi connectivity index (χ0n) is 15.3. The van der Waals surface area contributed by atoms with Crippen molar-refractivity contribution in [3.63, 3.8) is 0 Å². The second-order valence-corrected chi connectivity index (χ2v) is 8.91. The lowest BCUT2D eigenvalue weighted by Gasteiger charge is -2.34. The summed E-state index contributed by atoms with van der Waals surface area (Å²) in [5, 5.41) is 0. The van der Waals surface area contributed by atoms with Crippen molar-refractivity contribution < 1.29 is 19.1 Å². The number of carbonyl (C=O) groups excluding carboxylic acids is 1. The molecule has 1 saturated heterocycles. The molecule has 144 valence electrons. The molecule has 0 spiro atoms. The highest BCUT2D eigenvalue weighted by atomic mass is 31.2. The number of rotatable bonds is 7. The monoisotopic (exact) mass is 387 g/mol. The average molecular weight is 387 g/mol. The first kappa shape index (κ1) is 19.8. The second-order valence-electron chi connectivity index (χ2n) is 7.13. The first-order chi connectivity index (χ1) is 12.9.